The standard InChI is InChI=1S/C16H22N2O/c1-12-2-4-13(5-3-12)14-11-18-15(19)10-16(14)6-8-17-9-7-16/h2-5,14,17H,6-11H2,1H3,(H,18,19). The number of nitrogens with one attached hydrogen (secondary N) is 2. The van der Waals surface area contributed by atoms with Gasteiger partial charge in [-0.2, -0.15) is 0 Å². The molecule has 2 aliphatic rings. The number of benzene rings is 1. The zero-order chi connectivity index (χ0) is 13.3. The van der Waals surface area contributed by atoms with Crippen molar-refractivity contribution in [2.24, 2.45) is 5.41 Å². The Hall–Kier alpha value is -1.35. The van der Waals surface area contributed by atoms with Crippen LogP contribution in [-0.2, 0) is 4.79 Å². The van der Waals surface area contributed by atoms with Crippen LogP contribution in [0.3, 0.4) is 0 Å². The summed E-state index contributed by atoms with van der Waals surface area (Å²) in [7, 11) is 0. The van der Waals surface area contributed by atoms with Crippen LogP contribution in [0.15, 0.2) is 24.3 Å². The third-order valence-corrected chi connectivity index (χ3v) is 4.83. The quantitative estimate of drug-likeness (QED) is 0.808. The summed E-state index contributed by atoms with van der Waals surface area (Å²) in [5.41, 5.74) is 2.85. The zero-order valence-corrected chi connectivity index (χ0v) is 11.5. The Balaban J connectivity index is 1.92. The van der Waals surface area contributed by atoms with Gasteiger partial charge in [0, 0.05) is 18.9 Å². The topological polar surface area (TPSA) is 41.1 Å². The van der Waals surface area contributed by atoms with E-state index in [9.17, 15) is 4.79 Å². The van der Waals surface area contributed by atoms with E-state index in [1.807, 2.05) is 0 Å². The van der Waals surface area contributed by atoms with E-state index in [2.05, 4.69) is 41.8 Å². The second-order valence-corrected chi connectivity index (χ2v) is 6.06. The molecular weight excluding hydrogens is 236 g/mol. The minimum Gasteiger partial charge on any atom is -0.355 e. The number of amides is 1. The molecule has 2 heterocycles. The summed E-state index contributed by atoms with van der Waals surface area (Å²) in [6.45, 7) is 4.99. The molecule has 0 saturated carbocycles. The van der Waals surface area contributed by atoms with Crippen molar-refractivity contribution < 1.29 is 4.79 Å². The minimum atomic E-state index is 0.169. The van der Waals surface area contributed by atoms with E-state index < -0.39 is 0 Å². The number of piperidine rings is 2. The minimum absolute atomic E-state index is 0.169. The van der Waals surface area contributed by atoms with Crippen molar-refractivity contribution in [3.05, 3.63) is 35.4 Å². The normalized spacial score (nSPS) is 26.2. The van der Waals surface area contributed by atoms with Crippen molar-refractivity contribution in [2.45, 2.75) is 32.1 Å². The first-order chi connectivity index (χ1) is 9.20. The number of rotatable bonds is 1. The average molecular weight is 258 g/mol. The van der Waals surface area contributed by atoms with Crippen LogP contribution in [0.2, 0.25) is 0 Å². The van der Waals surface area contributed by atoms with Gasteiger partial charge < -0.3 is 10.6 Å². The molecule has 1 amide bonds. The Labute approximate surface area is 114 Å². The van der Waals surface area contributed by atoms with Crippen LogP contribution >= 0.6 is 0 Å². The lowest BCUT2D eigenvalue weighted by Crippen LogP contribution is -2.51. The molecule has 2 N–H and O–H groups in total. The molecule has 2 aliphatic heterocycles. The molecular formula is C16H22N2O. The molecule has 3 heteroatoms. The third-order valence-electron chi connectivity index (χ3n) is 4.83. The fourth-order valence-electron chi connectivity index (χ4n) is 3.66. The van der Waals surface area contributed by atoms with E-state index in [-0.39, 0.29) is 11.3 Å². The molecule has 1 aromatic rings. The van der Waals surface area contributed by atoms with Crippen molar-refractivity contribution in [3.63, 3.8) is 0 Å². The zero-order valence-electron chi connectivity index (χ0n) is 11.5. The maximum absolute atomic E-state index is 11.8. The summed E-state index contributed by atoms with van der Waals surface area (Å²) in [5, 5.41) is 6.48. The van der Waals surface area contributed by atoms with E-state index in [0.29, 0.717) is 12.3 Å². The molecule has 0 aliphatic carbocycles. The summed E-state index contributed by atoms with van der Waals surface area (Å²) in [4.78, 5) is 11.8. The summed E-state index contributed by atoms with van der Waals surface area (Å²) in [6, 6.07) is 8.84. The van der Waals surface area contributed by atoms with Crippen molar-refractivity contribution >= 4 is 5.91 Å². The fraction of sp³-hybridized carbons (Fsp3) is 0.562. The summed E-state index contributed by atoms with van der Waals surface area (Å²) in [5.74, 6) is 0.693. The van der Waals surface area contributed by atoms with E-state index in [1.54, 1.807) is 0 Å². The van der Waals surface area contributed by atoms with Gasteiger partial charge in [0.15, 0.2) is 0 Å². The smallest absolute Gasteiger partial charge is 0.220 e. The third kappa shape index (κ3) is 2.39. The summed E-state index contributed by atoms with van der Waals surface area (Å²) in [6.07, 6.45) is 2.91. The number of carbonyl (C=O) groups is 1. The maximum Gasteiger partial charge on any atom is 0.220 e. The van der Waals surface area contributed by atoms with Gasteiger partial charge in [0.2, 0.25) is 5.91 Å². The van der Waals surface area contributed by atoms with Crippen LogP contribution in [0.4, 0.5) is 0 Å². The van der Waals surface area contributed by atoms with E-state index in [4.69, 9.17) is 0 Å². The van der Waals surface area contributed by atoms with Crippen LogP contribution in [0.1, 0.15) is 36.3 Å². The van der Waals surface area contributed by atoms with Gasteiger partial charge in [-0.05, 0) is 43.8 Å². The van der Waals surface area contributed by atoms with E-state index >= 15 is 0 Å². The highest BCUT2D eigenvalue weighted by atomic mass is 16.1. The lowest BCUT2D eigenvalue weighted by Gasteiger charge is -2.46. The Kier molecular flexibility index (Phi) is 3.31. The van der Waals surface area contributed by atoms with Gasteiger partial charge in [-0.1, -0.05) is 29.8 Å². The molecule has 0 aromatic heterocycles. The Morgan fingerprint density at radius 3 is 2.53 bits per heavy atom. The van der Waals surface area contributed by atoms with Gasteiger partial charge >= 0.3 is 0 Å². The largest absolute Gasteiger partial charge is 0.355 e. The Bertz CT molecular complexity index is 460. The Morgan fingerprint density at radius 1 is 1.16 bits per heavy atom. The average Bonchev–Trinajstić information content (AvgIpc) is 2.41. The maximum atomic E-state index is 11.8. The first-order valence-electron chi connectivity index (χ1n) is 7.24. The predicted molar refractivity (Wildman–Crippen MR) is 76.1 cm³/mol. The van der Waals surface area contributed by atoms with Crippen molar-refractivity contribution in [3.8, 4) is 0 Å². The molecule has 2 saturated heterocycles. The fourth-order valence-corrected chi connectivity index (χ4v) is 3.66. The van der Waals surface area contributed by atoms with Crippen molar-refractivity contribution in [1.82, 2.24) is 10.6 Å². The lowest BCUT2D eigenvalue weighted by atomic mass is 9.63. The highest BCUT2D eigenvalue weighted by molar-refractivity contribution is 5.78. The van der Waals surface area contributed by atoms with Crippen LogP contribution < -0.4 is 10.6 Å². The van der Waals surface area contributed by atoms with Crippen LogP contribution in [0, 0.1) is 12.3 Å². The Morgan fingerprint density at radius 2 is 1.84 bits per heavy atom. The number of aryl methyl sites for hydroxylation is 1. The predicted octanol–water partition coefficient (Wildman–Crippen LogP) is 1.97. The molecule has 0 radical (unpaired) electrons. The molecule has 1 unspecified atom stereocenters. The molecule has 0 bridgehead atoms. The second-order valence-electron chi connectivity index (χ2n) is 6.06. The van der Waals surface area contributed by atoms with Gasteiger partial charge in [-0.25, -0.2) is 0 Å². The molecule has 19 heavy (non-hydrogen) atoms. The van der Waals surface area contributed by atoms with E-state index in [0.717, 1.165) is 32.5 Å². The van der Waals surface area contributed by atoms with Gasteiger partial charge in [0.25, 0.3) is 0 Å². The monoisotopic (exact) mass is 258 g/mol. The lowest BCUT2D eigenvalue weighted by molar-refractivity contribution is -0.127. The molecule has 3 rings (SSSR count). The van der Waals surface area contributed by atoms with Gasteiger partial charge in [0.1, 0.15) is 0 Å². The first kappa shape index (κ1) is 12.7. The van der Waals surface area contributed by atoms with Crippen LogP contribution in [0.5, 0.6) is 0 Å². The number of carbonyl (C=O) groups excluding carboxylic acids is 1. The summed E-state index contributed by atoms with van der Waals surface area (Å²) < 4.78 is 0. The van der Waals surface area contributed by atoms with Crippen LogP contribution in [0.25, 0.3) is 0 Å². The van der Waals surface area contributed by atoms with E-state index in [1.165, 1.54) is 11.1 Å². The molecule has 102 valence electrons. The SMILES string of the molecule is Cc1ccc(C2CNC(=O)CC23CCNCC3)cc1. The molecule has 1 aromatic carbocycles. The van der Waals surface area contributed by atoms with Gasteiger partial charge in [-0.15, -0.1) is 0 Å². The molecule has 1 spiro atoms. The molecule has 3 nitrogen and oxygen atoms in total. The molecule has 2 fully saturated rings. The first-order valence-corrected chi connectivity index (χ1v) is 7.24. The van der Waals surface area contributed by atoms with Crippen LogP contribution in [-0.4, -0.2) is 25.5 Å². The summed E-state index contributed by atoms with van der Waals surface area (Å²) >= 11 is 0. The second kappa shape index (κ2) is 4.97. The number of hydrogen-bond donors (Lipinski definition) is 2. The highest BCUT2D eigenvalue weighted by Crippen LogP contribution is 2.47. The number of hydrogen-bond acceptors (Lipinski definition) is 2. The van der Waals surface area contributed by atoms with Gasteiger partial charge in [0.05, 0.1) is 0 Å². The van der Waals surface area contributed by atoms with Crippen molar-refractivity contribution in [2.75, 3.05) is 19.6 Å². The van der Waals surface area contributed by atoms with Gasteiger partial charge in [-0.3, -0.25) is 4.79 Å². The highest BCUT2D eigenvalue weighted by Gasteiger charge is 2.44. The van der Waals surface area contributed by atoms with Crippen molar-refractivity contribution in [1.29, 1.82) is 0 Å². The molecule has 1 atom stereocenters.